The van der Waals surface area contributed by atoms with E-state index in [1.54, 1.807) is 54.4 Å². The summed E-state index contributed by atoms with van der Waals surface area (Å²) in [6, 6.07) is 10.6. The predicted molar refractivity (Wildman–Crippen MR) is 109 cm³/mol. The van der Waals surface area contributed by atoms with Crippen molar-refractivity contribution in [3.05, 3.63) is 54.0 Å². The van der Waals surface area contributed by atoms with Gasteiger partial charge in [0.2, 0.25) is 11.1 Å². The highest BCUT2D eigenvalue weighted by Gasteiger charge is 2.20. The molecule has 2 amide bonds. The molecule has 0 aliphatic carbocycles. The van der Waals surface area contributed by atoms with Crippen LogP contribution in [0, 0.1) is 0 Å². The molecule has 0 unspecified atom stereocenters. The lowest BCUT2D eigenvalue weighted by Crippen LogP contribution is -2.31. The van der Waals surface area contributed by atoms with E-state index >= 15 is 0 Å². The highest BCUT2D eigenvalue weighted by molar-refractivity contribution is 7.99. The maximum absolute atomic E-state index is 12.7. The molecule has 0 aliphatic heterocycles. The number of nitrogens with one attached hydrogen (secondary N) is 1. The molecule has 1 aromatic carbocycles. The second-order valence-corrected chi connectivity index (χ2v) is 7.46. The van der Waals surface area contributed by atoms with Crippen molar-refractivity contribution in [3.63, 3.8) is 0 Å². The monoisotopic (exact) mass is 414 g/mol. The van der Waals surface area contributed by atoms with E-state index in [1.807, 2.05) is 13.8 Å². The molecule has 3 aromatic rings. The Morgan fingerprint density at radius 2 is 2.03 bits per heavy atom. The van der Waals surface area contributed by atoms with Crippen LogP contribution in [0.5, 0.6) is 0 Å². The molecule has 0 fully saturated rings. The Labute approximate surface area is 172 Å². The number of rotatable bonds is 8. The second-order valence-electron chi connectivity index (χ2n) is 6.52. The molecular weight excluding hydrogens is 392 g/mol. The number of para-hydroxylation sites is 1. The van der Waals surface area contributed by atoms with Crippen molar-refractivity contribution in [1.82, 2.24) is 25.5 Å². The Hall–Kier alpha value is -3.14. The van der Waals surface area contributed by atoms with E-state index in [0.29, 0.717) is 22.2 Å². The number of carbonyl (C=O) groups excluding carboxylic acids is 2. The lowest BCUT2D eigenvalue weighted by atomic mass is 10.1. The van der Waals surface area contributed by atoms with Crippen molar-refractivity contribution in [2.45, 2.75) is 31.6 Å². The standard InChI is InChI=1S/C19H22N6O3S/c1-13(2)25-19(21-22-23-25)29-12-17(26)24(3)16-9-5-4-8-15(16)18(27)20-11-14-7-6-10-28-14/h4-10,13H,11-12H2,1-3H3,(H,20,27). The van der Waals surface area contributed by atoms with E-state index in [4.69, 9.17) is 4.42 Å². The van der Waals surface area contributed by atoms with Crippen LogP contribution in [0.1, 0.15) is 36.0 Å². The molecule has 0 atom stereocenters. The minimum absolute atomic E-state index is 0.0962. The van der Waals surface area contributed by atoms with Gasteiger partial charge in [-0.1, -0.05) is 23.9 Å². The number of thioether (sulfide) groups is 1. The minimum atomic E-state index is -0.284. The largest absolute Gasteiger partial charge is 0.467 e. The number of tetrazole rings is 1. The maximum Gasteiger partial charge on any atom is 0.253 e. The van der Waals surface area contributed by atoms with Crippen LogP contribution in [-0.4, -0.2) is 44.8 Å². The molecule has 10 heteroatoms. The molecule has 0 saturated carbocycles. The molecule has 2 heterocycles. The van der Waals surface area contributed by atoms with E-state index in [2.05, 4.69) is 20.8 Å². The number of anilines is 1. The molecule has 0 spiro atoms. The maximum atomic E-state index is 12.7. The average molecular weight is 414 g/mol. The fourth-order valence-corrected chi connectivity index (χ4v) is 3.52. The highest BCUT2D eigenvalue weighted by atomic mass is 32.2. The molecule has 29 heavy (non-hydrogen) atoms. The van der Waals surface area contributed by atoms with Gasteiger partial charge in [0.25, 0.3) is 5.91 Å². The van der Waals surface area contributed by atoms with E-state index in [-0.39, 0.29) is 30.2 Å². The van der Waals surface area contributed by atoms with Gasteiger partial charge in [-0.25, -0.2) is 4.68 Å². The smallest absolute Gasteiger partial charge is 0.253 e. The molecule has 0 bridgehead atoms. The van der Waals surface area contributed by atoms with Crippen LogP contribution in [0.4, 0.5) is 5.69 Å². The van der Waals surface area contributed by atoms with Crippen LogP contribution in [0.15, 0.2) is 52.2 Å². The predicted octanol–water partition coefficient (Wildman–Crippen LogP) is 2.53. The molecule has 2 aromatic heterocycles. The molecule has 0 saturated heterocycles. The summed E-state index contributed by atoms with van der Waals surface area (Å²) < 4.78 is 6.89. The van der Waals surface area contributed by atoms with Gasteiger partial charge in [-0.3, -0.25) is 9.59 Å². The van der Waals surface area contributed by atoms with Gasteiger partial charge in [0.1, 0.15) is 5.76 Å². The fourth-order valence-electron chi connectivity index (χ4n) is 2.60. The summed E-state index contributed by atoms with van der Waals surface area (Å²) in [5.74, 6) is 0.346. The third-order valence-electron chi connectivity index (χ3n) is 4.16. The summed E-state index contributed by atoms with van der Waals surface area (Å²) in [5, 5.41) is 14.9. The Morgan fingerprint density at radius 1 is 1.24 bits per heavy atom. The van der Waals surface area contributed by atoms with E-state index in [9.17, 15) is 9.59 Å². The van der Waals surface area contributed by atoms with Crippen LogP contribution in [0.25, 0.3) is 0 Å². The van der Waals surface area contributed by atoms with E-state index in [0.717, 1.165) is 0 Å². The SMILES string of the molecule is CC(C)n1nnnc1SCC(=O)N(C)c1ccccc1C(=O)NCc1ccco1. The quantitative estimate of drug-likeness (QED) is 0.565. The van der Waals surface area contributed by atoms with Crippen molar-refractivity contribution >= 4 is 29.3 Å². The Kier molecular flexibility index (Phi) is 6.65. The second kappa shape index (κ2) is 9.37. The Balaban J connectivity index is 1.66. The Bertz CT molecular complexity index is 970. The highest BCUT2D eigenvalue weighted by Crippen LogP contribution is 2.22. The summed E-state index contributed by atoms with van der Waals surface area (Å²) in [4.78, 5) is 26.8. The van der Waals surface area contributed by atoms with Crippen LogP contribution in [-0.2, 0) is 11.3 Å². The third-order valence-corrected chi connectivity index (χ3v) is 5.08. The first-order valence-electron chi connectivity index (χ1n) is 9.04. The zero-order chi connectivity index (χ0) is 20.8. The molecule has 1 N–H and O–H groups in total. The zero-order valence-corrected chi connectivity index (χ0v) is 17.2. The first-order chi connectivity index (χ1) is 14.0. The van der Waals surface area contributed by atoms with Crippen LogP contribution in [0.2, 0.25) is 0 Å². The number of aromatic nitrogens is 4. The number of benzene rings is 1. The number of nitrogens with zero attached hydrogens (tertiary/aromatic N) is 5. The minimum Gasteiger partial charge on any atom is -0.467 e. The molecule has 152 valence electrons. The van der Waals surface area contributed by atoms with Gasteiger partial charge in [0, 0.05) is 7.05 Å². The van der Waals surface area contributed by atoms with Gasteiger partial charge in [-0.05, 0) is 48.5 Å². The number of carbonyl (C=O) groups is 2. The summed E-state index contributed by atoms with van der Waals surface area (Å²) in [7, 11) is 1.65. The van der Waals surface area contributed by atoms with Crippen LogP contribution >= 0.6 is 11.8 Å². The molecule has 0 aliphatic rings. The first-order valence-corrected chi connectivity index (χ1v) is 10.0. The van der Waals surface area contributed by atoms with E-state index < -0.39 is 0 Å². The topological polar surface area (TPSA) is 106 Å². The summed E-state index contributed by atoms with van der Waals surface area (Å²) in [6.07, 6.45) is 1.55. The first kappa shape index (κ1) is 20.6. The fraction of sp³-hybridized carbons (Fsp3) is 0.316. The molecule has 0 radical (unpaired) electrons. The zero-order valence-electron chi connectivity index (χ0n) is 16.4. The molecular formula is C19H22N6O3S. The Morgan fingerprint density at radius 3 is 2.76 bits per heavy atom. The lowest BCUT2D eigenvalue weighted by Gasteiger charge is -2.20. The van der Waals surface area contributed by atoms with Crippen molar-refractivity contribution < 1.29 is 14.0 Å². The van der Waals surface area contributed by atoms with Gasteiger partial charge in [-0.2, -0.15) is 0 Å². The van der Waals surface area contributed by atoms with Gasteiger partial charge in [-0.15, -0.1) is 5.10 Å². The lowest BCUT2D eigenvalue weighted by molar-refractivity contribution is -0.115. The van der Waals surface area contributed by atoms with Crippen LogP contribution < -0.4 is 10.2 Å². The summed E-state index contributed by atoms with van der Waals surface area (Å²) in [6.45, 7) is 4.20. The molecule has 3 rings (SSSR count). The van der Waals surface area contributed by atoms with Gasteiger partial charge >= 0.3 is 0 Å². The number of hydrogen-bond donors (Lipinski definition) is 1. The van der Waals surface area contributed by atoms with Gasteiger partial charge in [0.05, 0.1) is 35.9 Å². The normalized spacial score (nSPS) is 10.9. The average Bonchev–Trinajstić information content (AvgIpc) is 3.41. The summed E-state index contributed by atoms with van der Waals surface area (Å²) in [5.41, 5.74) is 0.936. The van der Waals surface area contributed by atoms with Crippen molar-refractivity contribution in [2.24, 2.45) is 0 Å². The number of amides is 2. The number of hydrogen-bond acceptors (Lipinski definition) is 7. The number of furan rings is 1. The van der Waals surface area contributed by atoms with Crippen molar-refractivity contribution in [1.29, 1.82) is 0 Å². The molecule has 9 nitrogen and oxygen atoms in total. The van der Waals surface area contributed by atoms with Crippen LogP contribution in [0.3, 0.4) is 0 Å². The van der Waals surface area contributed by atoms with Crippen molar-refractivity contribution in [2.75, 3.05) is 17.7 Å². The van der Waals surface area contributed by atoms with Gasteiger partial charge < -0.3 is 14.6 Å². The summed E-state index contributed by atoms with van der Waals surface area (Å²) >= 11 is 1.26. The van der Waals surface area contributed by atoms with E-state index in [1.165, 1.54) is 16.7 Å². The van der Waals surface area contributed by atoms with Crippen molar-refractivity contribution in [3.8, 4) is 0 Å². The third kappa shape index (κ3) is 5.02. The van der Waals surface area contributed by atoms with Gasteiger partial charge in [0.15, 0.2) is 0 Å².